The van der Waals surface area contributed by atoms with Gasteiger partial charge in [0.1, 0.15) is 11.4 Å². The van der Waals surface area contributed by atoms with Gasteiger partial charge in [-0.2, -0.15) is 0 Å². The Morgan fingerprint density at radius 3 is 2.61 bits per heavy atom. The lowest BCUT2D eigenvalue weighted by atomic mass is 9.81. The molecule has 5 heteroatoms. The predicted octanol–water partition coefficient (Wildman–Crippen LogP) is 4.04. The first-order valence-corrected chi connectivity index (χ1v) is 8.73. The van der Waals surface area contributed by atoms with Crippen LogP contribution in [0, 0.1) is 5.92 Å². The van der Waals surface area contributed by atoms with Crippen LogP contribution in [0.1, 0.15) is 42.6 Å². The molecule has 1 fully saturated rings. The normalized spacial score (nSPS) is 21.3. The number of fused-ring (bicyclic) bond motifs is 1. The van der Waals surface area contributed by atoms with Crippen molar-refractivity contribution in [3.05, 3.63) is 33.8 Å². The molecule has 0 amide bonds. The number of hydrogen-bond acceptors (Lipinski definition) is 3. The van der Waals surface area contributed by atoms with E-state index in [1.165, 1.54) is 5.57 Å². The minimum absolute atomic E-state index is 0.290. The van der Waals surface area contributed by atoms with Gasteiger partial charge in [0.25, 0.3) is 0 Å². The van der Waals surface area contributed by atoms with E-state index >= 15 is 0 Å². The van der Waals surface area contributed by atoms with Gasteiger partial charge in [0.2, 0.25) is 0 Å². The fourth-order valence-corrected chi connectivity index (χ4v) is 3.98. The molecule has 2 aliphatic heterocycles. The van der Waals surface area contributed by atoms with Crippen molar-refractivity contribution in [2.45, 2.75) is 32.3 Å². The third kappa shape index (κ3) is 3.31. The van der Waals surface area contributed by atoms with Crippen LogP contribution in [0.15, 0.2) is 22.7 Å². The predicted molar refractivity (Wildman–Crippen MR) is 94.0 cm³/mol. The number of nitrogens with zero attached hydrogens (tertiary/aromatic N) is 1. The lowest BCUT2D eigenvalue weighted by molar-refractivity contribution is 0.0696. The van der Waals surface area contributed by atoms with Gasteiger partial charge in [-0.25, -0.2) is 4.79 Å². The van der Waals surface area contributed by atoms with Gasteiger partial charge in [0.15, 0.2) is 0 Å². The molecule has 0 spiro atoms. The van der Waals surface area contributed by atoms with E-state index < -0.39 is 5.97 Å². The van der Waals surface area contributed by atoms with Gasteiger partial charge >= 0.3 is 5.97 Å². The first-order valence-electron chi connectivity index (χ1n) is 7.94. The highest BCUT2D eigenvalue weighted by Gasteiger charge is 2.33. The van der Waals surface area contributed by atoms with E-state index in [1.807, 2.05) is 13.8 Å². The average molecular weight is 380 g/mol. The van der Waals surface area contributed by atoms with Gasteiger partial charge in [-0.1, -0.05) is 0 Å². The zero-order valence-electron chi connectivity index (χ0n) is 13.7. The minimum Gasteiger partial charge on any atom is -0.482 e. The van der Waals surface area contributed by atoms with Crippen molar-refractivity contribution in [1.29, 1.82) is 0 Å². The second kappa shape index (κ2) is 5.95. The molecule has 0 saturated carbocycles. The van der Waals surface area contributed by atoms with E-state index in [4.69, 9.17) is 4.74 Å². The summed E-state index contributed by atoms with van der Waals surface area (Å²) in [5.74, 6) is 0.293. The van der Waals surface area contributed by atoms with Crippen molar-refractivity contribution in [2.75, 3.05) is 20.1 Å². The van der Waals surface area contributed by atoms with Crippen molar-refractivity contribution in [1.82, 2.24) is 4.90 Å². The van der Waals surface area contributed by atoms with Crippen molar-refractivity contribution >= 4 is 27.5 Å². The van der Waals surface area contributed by atoms with Crippen LogP contribution in [0.4, 0.5) is 0 Å². The molecular formula is C18H22BrNO3. The zero-order chi connectivity index (χ0) is 16.8. The maximum atomic E-state index is 11.4. The van der Waals surface area contributed by atoms with Crippen molar-refractivity contribution in [3.8, 4) is 5.75 Å². The van der Waals surface area contributed by atoms with Crippen LogP contribution in [0.3, 0.4) is 0 Å². The summed E-state index contributed by atoms with van der Waals surface area (Å²) >= 11 is 3.49. The van der Waals surface area contributed by atoms with Crippen LogP contribution < -0.4 is 4.74 Å². The fraction of sp³-hybridized carbons (Fsp3) is 0.500. The molecule has 0 unspecified atom stereocenters. The molecule has 0 aromatic heterocycles. The largest absolute Gasteiger partial charge is 0.482 e. The fourth-order valence-electron chi connectivity index (χ4n) is 3.44. The zero-order valence-corrected chi connectivity index (χ0v) is 15.3. The molecule has 1 aromatic rings. The number of ether oxygens (including phenoxy) is 1. The summed E-state index contributed by atoms with van der Waals surface area (Å²) in [6.07, 6.45) is 4.35. The number of carboxylic acid groups (broad SMARTS) is 1. The molecule has 23 heavy (non-hydrogen) atoms. The molecule has 2 heterocycles. The smallest absolute Gasteiger partial charge is 0.335 e. The second-order valence-electron chi connectivity index (χ2n) is 7.02. The number of piperidine rings is 1. The number of benzene rings is 1. The first-order chi connectivity index (χ1) is 10.8. The molecule has 0 aliphatic carbocycles. The number of hydrogen-bond donors (Lipinski definition) is 1. The number of halogens is 1. The quantitative estimate of drug-likeness (QED) is 0.841. The second-order valence-corrected chi connectivity index (χ2v) is 7.88. The summed E-state index contributed by atoms with van der Waals surface area (Å²) in [7, 11) is 2.14. The van der Waals surface area contributed by atoms with Crippen LogP contribution in [0.5, 0.6) is 5.75 Å². The van der Waals surface area contributed by atoms with E-state index in [0.29, 0.717) is 10.4 Å². The Bertz CT molecular complexity index is 673. The van der Waals surface area contributed by atoms with Gasteiger partial charge in [-0.15, -0.1) is 0 Å². The Morgan fingerprint density at radius 2 is 2.00 bits per heavy atom. The summed E-state index contributed by atoms with van der Waals surface area (Å²) in [6.45, 7) is 6.22. The van der Waals surface area contributed by atoms with Crippen LogP contribution >= 0.6 is 15.9 Å². The van der Waals surface area contributed by atoms with E-state index in [1.54, 1.807) is 12.1 Å². The third-order valence-electron chi connectivity index (χ3n) is 4.63. The number of carbonyl (C=O) groups is 1. The van der Waals surface area contributed by atoms with Crippen molar-refractivity contribution < 1.29 is 14.6 Å². The van der Waals surface area contributed by atoms with Gasteiger partial charge in [0, 0.05) is 5.56 Å². The summed E-state index contributed by atoms with van der Waals surface area (Å²) in [5.41, 5.74) is 2.05. The van der Waals surface area contributed by atoms with Crippen LogP contribution in [0.2, 0.25) is 0 Å². The lowest BCUT2D eigenvalue weighted by Gasteiger charge is -2.37. The third-order valence-corrected chi connectivity index (χ3v) is 5.22. The Balaban J connectivity index is 2.08. The van der Waals surface area contributed by atoms with Crippen LogP contribution in [-0.2, 0) is 0 Å². The molecule has 0 radical (unpaired) electrons. The van der Waals surface area contributed by atoms with E-state index in [-0.39, 0.29) is 11.2 Å². The number of rotatable bonds is 2. The van der Waals surface area contributed by atoms with Gasteiger partial charge in [-0.05, 0) is 92.5 Å². The first kappa shape index (κ1) is 16.5. The molecule has 4 nitrogen and oxygen atoms in total. The van der Waals surface area contributed by atoms with Crippen LogP contribution in [0.25, 0.3) is 5.57 Å². The van der Waals surface area contributed by atoms with Gasteiger partial charge in [0.05, 0.1) is 10.0 Å². The minimum atomic E-state index is -0.916. The highest BCUT2D eigenvalue weighted by atomic mass is 79.9. The van der Waals surface area contributed by atoms with Crippen LogP contribution in [-0.4, -0.2) is 41.7 Å². The standard InChI is InChI=1S/C18H22BrNO3/c1-18(2)10-14(11-4-6-20(3)7-5-11)13-8-12(17(21)22)9-15(19)16(13)23-18/h8-11H,4-7H2,1-3H3,(H,21,22). The molecule has 0 atom stereocenters. The number of aromatic carboxylic acids is 1. The summed E-state index contributed by atoms with van der Waals surface area (Å²) in [4.78, 5) is 13.7. The molecule has 3 rings (SSSR count). The van der Waals surface area contributed by atoms with Crippen molar-refractivity contribution in [3.63, 3.8) is 0 Å². The molecule has 2 aliphatic rings. The Labute approximate surface area is 145 Å². The topological polar surface area (TPSA) is 49.8 Å². The lowest BCUT2D eigenvalue weighted by Crippen LogP contribution is -2.34. The monoisotopic (exact) mass is 379 g/mol. The molecular weight excluding hydrogens is 358 g/mol. The Morgan fingerprint density at radius 1 is 1.35 bits per heavy atom. The van der Waals surface area contributed by atoms with Gasteiger partial charge in [-0.3, -0.25) is 0 Å². The molecule has 124 valence electrons. The SMILES string of the molecule is CN1CCC(C2=CC(C)(C)Oc3c(Br)cc(C(=O)O)cc32)CC1. The van der Waals surface area contributed by atoms with Gasteiger partial charge < -0.3 is 14.7 Å². The Kier molecular flexibility index (Phi) is 4.27. The highest BCUT2D eigenvalue weighted by Crippen LogP contribution is 2.46. The molecule has 1 aromatic carbocycles. The number of likely N-dealkylation sites (tertiary alicyclic amines) is 1. The maximum absolute atomic E-state index is 11.4. The molecule has 1 N–H and O–H groups in total. The maximum Gasteiger partial charge on any atom is 0.335 e. The average Bonchev–Trinajstić information content (AvgIpc) is 2.47. The summed E-state index contributed by atoms with van der Waals surface area (Å²) < 4.78 is 6.81. The number of allylic oxidation sites excluding steroid dienone is 1. The van der Waals surface area contributed by atoms with Crippen molar-refractivity contribution in [2.24, 2.45) is 5.92 Å². The van der Waals surface area contributed by atoms with E-state index in [9.17, 15) is 9.90 Å². The number of carboxylic acids is 1. The highest BCUT2D eigenvalue weighted by molar-refractivity contribution is 9.10. The molecule has 1 saturated heterocycles. The van der Waals surface area contributed by atoms with E-state index in [0.717, 1.165) is 37.2 Å². The summed E-state index contributed by atoms with van der Waals surface area (Å²) in [5, 5.41) is 9.36. The van der Waals surface area contributed by atoms with E-state index in [2.05, 4.69) is 34.0 Å². The summed E-state index contributed by atoms with van der Waals surface area (Å²) in [6, 6.07) is 3.37. The molecule has 0 bridgehead atoms. The Hall–Kier alpha value is -1.33.